The minimum atomic E-state index is 1.08. The molecule has 1 N–H and O–H groups in total. The first kappa shape index (κ1) is 7.13. The zero-order valence-corrected chi connectivity index (χ0v) is 6.57. The van der Waals surface area contributed by atoms with Crippen LogP contribution in [0.5, 0.6) is 0 Å². The standard InChI is InChI=1S/C9H13N/c1-4-8-6-10-7(3)9(8)5-2/h5-6,10H,2,4H2,1,3H3. The molecular formula is C9H13N. The van der Waals surface area contributed by atoms with Crippen molar-refractivity contribution in [1.82, 2.24) is 4.98 Å². The largest absolute Gasteiger partial charge is 0.364 e. The van der Waals surface area contributed by atoms with Gasteiger partial charge in [-0.05, 0) is 24.5 Å². The summed E-state index contributed by atoms with van der Waals surface area (Å²) in [6, 6.07) is 0. The van der Waals surface area contributed by atoms with Gasteiger partial charge in [0.15, 0.2) is 0 Å². The number of aromatic nitrogens is 1. The summed E-state index contributed by atoms with van der Waals surface area (Å²) in [5, 5.41) is 0. The van der Waals surface area contributed by atoms with E-state index in [1.54, 1.807) is 0 Å². The Morgan fingerprint density at radius 1 is 1.70 bits per heavy atom. The van der Waals surface area contributed by atoms with Crippen molar-refractivity contribution >= 4 is 6.08 Å². The molecule has 0 spiro atoms. The molecule has 1 aromatic rings. The van der Waals surface area contributed by atoms with Gasteiger partial charge in [0.05, 0.1) is 0 Å². The zero-order chi connectivity index (χ0) is 7.56. The van der Waals surface area contributed by atoms with E-state index in [0.717, 1.165) is 6.42 Å². The molecule has 1 aromatic heterocycles. The van der Waals surface area contributed by atoms with Crippen LogP contribution in [0.15, 0.2) is 12.8 Å². The van der Waals surface area contributed by atoms with E-state index in [1.807, 2.05) is 12.3 Å². The van der Waals surface area contributed by atoms with Gasteiger partial charge in [-0.25, -0.2) is 0 Å². The Hall–Kier alpha value is -0.980. The van der Waals surface area contributed by atoms with Crippen LogP contribution in [-0.4, -0.2) is 4.98 Å². The van der Waals surface area contributed by atoms with Gasteiger partial charge in [0.1, 0.15) is 0 Å². The van der Waals surface area contributed by atoms with Crippen molar-refractivity contribution in [2.75, 3.05) is 0 Å². The smallest absolute Gasteiger partial charge is 0.0191 e. The van der Waals surface area contributed by atoms with E-state index >= 15 is 0 Å². The van der Waals surface area contributed by atoms with Gasteiger partial charge >= 0.3 is 0 Å². The lowest BCUT2D eigenvalue weighted by molar-refractivity contribution is 1.14. The number of aromatic amines is 1. The second-order valence-corrected chi connectivity index (χ2v) is 2.41. The van der Waals surface area contributed by atoms with Gasteiger partial charge in [0.2, 0.25) is 0 Å². The molecule has 0 aromatic carbocycles. The topological polar surface area (TPSA) is 15.8 Å². The molecule has 0 bridgehead atoms. The molecule has 0 aliphatic carbocycles. The summed E-state index contributed by atoms with van der Waals surface area (Å²) in [6.45, 7) is 7.97. The van der Waals surface area contributed by atoms with Crippen molar-refractivity contribution in [2.24, 2.45) is 0 Å². The lowest BCUT2D eigenvalue weighted by Gasteiger charge is -1.93. The molecule has 0 radical (unpaired) electrons. The van der Waals surface area contributed by atoms with Crippen molar-refractivity contribution < 1.29 is 0 Å². The average Bonchev–Trinajstić information content (AvgIpc) is 2.30. The molecule has 1 heterocycles. The SMILES string of the molecule is C=Cc1c(CC)c[nH]c1C. The molecule has 1 heteroatoms. The van der Waals surface area contributed by atoms with Gasteiger partial charge in [-0.3, -0.25) is 0 Å². The molecule has 0 saturated heterocycles. The average molecular weight is 135 g/mol. The fourth-order valence-electron chi connectivity index (χ4n) is 1.17. The second-order valence-electron chi connectivity index (χ2n) is 2.41. The van der Waals surface area contributed by atoms with Gasteiger partial charge in [-0.15, -0.1) is 0 Å². The third-order valence-corrected chi connectivity index (χ3v) is 1.80. The maximum atomic E-state index is 3.75. The molecule has 0 fully saturated rings. The summed E-state index contributed by atoms with van der Waals surface area (Å²) in [6.07, 6.45) is 5.03. The van der Waals surface area contributed by atoms with Crippen LogP contribution in [0.3, 0.4) is 0 Å². The van der Waals surface area contributed by atoms with Crippen LogP contribution in [0.4, 0.5) is 0 Å². The molecule has 0 aliphatic rings. The molecule has 1 rings (SSSR count). The quantitative estimate of drug-likeness (QED) is 0.641. The summed E-state index contributed by atoms with van der Waals surface area (Å²) in [7, 11) is 0. The lowest BCUT2D eigenvalue weighted by Crippen LogP contribution is -1.79. The number of nitrogens with one attached hydrogen (secondary N) is 1. The summed E-state index contributed by atoms with van der Waals surface area (Å²) in [4.78, 5) is 3.17. The first-order valence-corrected chi connectivity index (χ1v) is 3.58. The van der Waals surface area contributed by atoms with E-state index < -0.39 is 0 Å². The molecule has 0 saturated carbocycles. The molecular weight excluding hydrogens is 122 g/mol. The highest BCUT2D eigenvalue weighted by Gasteiger charge is 2.00. The minimum Gasteiger partial charge on any atom is -0.364 e. The van der Waals surface area contributed by atoms with Crippen LogP contribution in [-0.2, 0) is 6.42 Å². The Labute approximate surface area is 61.8 Å². The van der Waals surface area contributed by atoms with E-state index in [9.17, 15) is 0 Å². The van der Waals surface area contributed by atoms with Crippen molar-refractivity contribution in [3.05, 3.63) is 29.6 Å². The fraction of sp³-hybridized carbons (Fsp3) is 0.333. The van der Waals surface area contributed by atoms with Crippen molar-refractivity contribution in [1.29, 1.82) is 0 Å². The van der Waals surface area contributed by atoms with E-state index in [4.69, 9.17) is 0 Å². The first-order chi connectivity index (χ1) is 4.79. The molecule has 10 heavy (non-hydrogen) atoms. The predicted molar refractivity (Wildman–Crippen MR) is 45.0 cm³/mol. The highest BCUT2D eigenvalue weighted by atomic mass is 14.7. The summed E-state index contributed by atoms with van der Waals surface area (Å²) < 4.78 is 0. The van der Waals surface area contributed by atoms with E-state index in [2.05, 4.69) is 25.4 Å². The number of rotatable bonds is 2. The second kappa shape index (κ2) is 2.74. The number of hydrogen-bond donors (Lipinski definition) is 1. The fourth-order valence-corrected chi connectivity index (χ4v) is 1.17. The highest BCUT2D eigenvalue weighted by Crippen LogP contribution is 2.14. The van der Waals surface area contributed by atoms with Gasteiger partial charge in [0.25, 0.3) is 0 Å². The molecule has 0 aliphatic heterocycles. The maximum absolute atomic E-state index is 3.75. The molecule has 0 amide bonds. The van der Waals surface area contributed by atoms with Crippen molar-refractivity contribution in [3.8, 4) is 0 Å². The van der Waals surface area contributed by atoms with Crippen LogP contribution >= 0.6 is 0 Å². The Morgan fingerprint density at radius 3 is 2.80 bits per heavy atom. The maximum Gasteiger partial charge on any atom is 0.0191 e. The van der Waals surface area contributed by atoms with Gasteiger partial charge in [0, 0.05) is 11.9 Å². The van der Waals surface area contributed by atoms with Crippen LogP contribution in [0.1, 0.15) is 23.7 Å². The lowest BCUT2D eigenvalue weighted by atomic mass is 10.1. The first-order valence-electron chi connectivity index (χ1n) is 3.58. The normalized spacial score (nSPS) is 9.80. The number of hydrogen-bond acceptors (Lipinski definition) is 0. The van der Waals surface area contributed by atoms with Crippen LogP contribution in [0.2, 0.25) is 0 Å². The monoisotopic (exact) mass is 135 g/mol. The molecule has 1 nitrogen and oxygen atoms in total. The Bertz CT molecular complexity index is 233. The predicted octanol–water partition coefficient (Wildman–Crippen LogP) is 2.53. The van der Waals surface area contributed by atoms with Crippen LogP contribution in [0, 0.1) is 6.92 Å². The molecule has 0 atom stereocenters. The Balaban J connectivity index is 3.12. The number of aryl methyl sites for hydroxylation is 2. The van der Waals surface area contributed by atoms with E-state index in [0.29, 0.717) is 0 Å². The Morgan fingerprint density at radius 2 is 2.40 bits per heavy atom. The minimum absolute atomic E-state index is 1.08. The molecule has 0 unspecified atom stereocenters. The van der Waals surface area contributed by atoms with E-state index in [-0.39, 0.29) is 0 Å². The number of H-pyrrole nitrogens is 1. The third-order valence-electron chi connectivity index (χ3n) is 1.80. The third kappa shape index (κ3) is 0.991. The summed E-state index contributed by atoms with van der Waals surface area (Å²) in [5.41, 5.74) is 3.84. The van der Waals surface area contributed by atoms with Gasteiger partial charge in [-0.1, -0.05) is 19.6 Å². The van der Waals surface area contributed by atoms with Gasteiger partial charge in [-0.2, -0.15) is 0 Å². The van der Waals surface area contributed by atoms with Gasteiger partial charge < -0.3 is 4.98 Å². The summed E-state index contributed by atoms with van der Waals surface area (Å²) in [5.74, 6) is 0. The van der Waals surface area contributed by atoms with Crippen LogP contribution < -0.4 is 0 Å². The van der Waals surface area contributed by atoms with Crippen LogP contribution in [0.25, 0.3) is 6.08 Å². The zero-order valence-electron chi connectivity index (χ0n) is 6.57. The summed E-state index contributed by atoms with van der Waals surface area (Å²) >= 11 is 0. The van der Waals surface area contributed by atoms with Crippen molar-refractivity contribution in [2.45, 2.75) is 20.3 Å². The van der Waals surface area contributed by atoms with Crippen molar-refractivity contribution in [3.63, 3.8) is 0 Å². The highest BCUT2D eigenvalue weighted by molar-refractivity contribution is 5.54. The molecule has 54 valence electrons. The van der Waals surface area contributed by atoms with E-state index in [1.165, 1.54) is 16.8 Å². The Kier molecular flexibility index (Phi) is 1.95.